The van der Waals surface area contributed by atoms with Crippen molar-refractivity contribution in [3.63, 3.8) is 0 Å². The Morgan fingerprint density at radius 3 is 2.94 bits per heavy atom. The van der Waals surface area contributed by atoms with Crippen molar-refractivity contribution < 1.29 is 9.90 Å². The Morgan fingerprint density at radius 1 is 1.56 bits per heavy atom. The van der Waals surface area contributed by atoms with Crippen LogP contribution in [0.25, 0.3) is 0 Å². The molecule has 0 aliphatic carbocycles. The Balaban J connectivity index is 2.04. The topological polar surface area (TPSA) is 62.2 Å². The summed E-state index contributed by atoms with van der Waals surface area (Å²) in [5.74, 6) is -0.0771. The number of carbonyl (C=O) groups excluding carboxylic acids is 1. The zero-order valence-electron chi connectivity index (χ0n) is 9.61. The van der Waals surface area contributed by atoms with Crippen molar-refractivity contribution in [3.05, 3.63) is 43.4 Å². The van der Waals surface area contributed by atoms with Gasteiger partial charge in [0.05, 0.1) is 21.3 Å². The molecule has 1 amide bonds. The molecular formula is C12H11IN2O2S. The average Bonchev–Trinajstić information content (AvgIpc) is 2.75. The third-order valence-corrected chi connectivity index (χ3v) is 4.31. The van der Waals surface area contributed by atoms with E-state index in [4.69, 9.17) is 0 Å². The molecule has 1 aromatic heterocycles. The van der Waals surface area contributed by atoms with Gasteiger partial charge >= 0.3 is 0 Å². The van der Waals surface area contributed by atoms with E-state index in [2.05, 4.69) is 10.3 Å². The molecule has 1 aromatic carbocycles. The SMILES string of the molecule is Cc1ncsc1CNC(=O)c1ccc(I)c(O)c1. The van der Waals surface area contributed by atoms with E-state index in [0.29, 0.717) is 12.1 Å². The lowest BCUT2D eigenvalue weighted by molar-refractivity contribution is 0.0951. The molecule has 0 unspecified atom stereocenters. The molecule has 94 valence electrons. The highest BCUT2D eigenvalue weighted by Crippen LogP contribution is 2.20. The van der Waals surface area contributed by atoms with Crippen molar-refractivity contribution >= 4 is 39.8 Å². The van der Waals surface area contributed by atoms with Gasteiger partial charge in [0.15, 0.2) is 0 Å². The van der Waals surface area contributed by atoms with Crippen molar-refractivity contribution in [2.45, 2.75) is 13.5 Å². The fraction of sp³-hybridized carbons (Fsp3) is 0.167. The maximum absolute atomic E-state index is 11.9. The average molecular weight is 374 g/mol. The number of benzene rings is 1. The molecule has 0 radical (unpaired) electrons. The number of hydrogen-bond donors (Lipinski definition) is 2. The van der Waals surface area contributed by atoms with Gasteiger partial charge in [0.2, 0.25) is 0 Å². The van der Waals surface area contributed by atoms with Crippen LogP contribution in [0.5, 0.6) is 5.75 Å². The molecule has 1 heterocycles. The summed E-state index contributed by atoms with van der Waals surface area (Å²) in [6.07, 6.45) is 0. The molecule has 0 aliphatic rings. The van der Waals surface area contributed by atoms with E-state index in [1.807, 2.05) is 29.5 Å². The zero-order valence-corrected chi connectivity index (χ0v) is 12.6. The van der Waals surface area contributed by atoms with Gasteiger partial charge in [0, 0.05) is 10.4 Å². The van der Waals surface area contributed by atoms with Crippen LogP contribution in [-0.4, -0.2) is 16.0 Å². The first-order chi connectivity index (χ1) is 8.58. The first-order valence-electron chi connectivity index (χ1n) is 5.23. The fourth-order valence-electron chi connectivity index (χ4n) is 1.41. The number of amides is 1. The highest BCUT2D eigenvalue weighted by molar-refractivity contribution is 14.1. The summed E-state index contributed by atoms with van der Waals surface area (Å²) in [7, 11) is 0. The van der Waals surface area contributed by atoms with Gasteiger partial charge in [-0.15, -0.1) is 11.3 Å². The highest BCUT2D eigenvalue weighted by Gasteiger charge is 2.09. The predicted octanol–water partition coefficient (Wildman–Crippen LogP) is 2.69. The van der Waals surface area contributed by atoms with Crippen LogP contribution < -0.4 is 5.32 Å². The smallest absolute Gasteiger partial charge is 0.251 e. The minimum Gasteiger partial charge on any atom is -0.507 e. The van der Waals surface area contributed by atoms with Crippen LogP contribution in [0.4, 0.5) is 0 Å². The van der Waals surface area contributed by atoms with Gasteiger partial charge in [-0.25, -0.2) is 4.98 Å². The van der Waals surface area contributed by atoms with Gasteiger partial charge in [0.1, 0.15) is 5.75 Å². The van der Waals surface area contributed by atoms with Crippen LogP contribution in [0.1, 0.15) is 20.9 Å². The highest BCUT2D eigenvalue weighted by atomic mass is 127. The van der Waals surface area contributed by atoms with Crippen LogP contribution in [0.2, 0.25) is 0 Å². The molecule has 2 N–H and O–H groups in total. The quantitative estimate of drug-likeness (QED) is 0.813. The maximum atomic E-state index is 11.9. The summed E-state index contributed by atoms with van der Waals surface area (Å²) in [5, 5.41) is 12.4. The largest absolute Gasteiger partial charge is 0.507 e. The van der Waals surface area contributed by atoms with Gasteiger partial charge in [0.25, 0.3) is 5.91 Å². The number of aromatic nitrogens is 1. The second-order valence-electron chi connectivity index (χ2n) is 3.71. The predicted molar refractivity (Wildman–Crippen MR) is 78.8 cm³/mol. The molecule has 4 nitrogen and oxygen atoms in total. The van der Waals surface area contributed by atoms with Crippen LogP contribution in [0, 0.1) is 10.5 Å². The van der Waals surface area contributed by atoms with Gasteiger partial charge < -0.3 is 10.4 Å². The number of nitrogens with one attached hydrogen (secondary N) is 1. The minimum atomic E-state index is -0.200. The number of aryl methyl sites for hydroxylation is 1. The molecule has 0 atom stereocenters. The van der Waals surface area contributed by atoms with Crippen LogP contribution in [0.3, 0.4) is 0 Å². The van der Waals surface area contributed by atoms with Gasteiger partial charge in [-0.3, -0.25) is 4.79 Å². The number of phenols is 1. The molecule has 0 spiro atoms. The normalized spacial score (nSPS) is 10.3. The molecule has 18 heavy (non-hydrogen) atoms. The third-order valence-electron chi connectivity index (χ3n) is 2.46. The van der Waals surface area contributed by atoms with Gasteiger partial charge in [-0.05, 0) is 47.7 Å². The lowest BCUT2D eigenvalue weighted by Gasteiger charge is -2.05. The monoisotopic (exact) mass is 374 g/mol. The van der Waals surface area contributed by atoms with Crippen molar-refractivity contribution in [3.8, 4) is 5.75 Å². The van der Waals surface area contributed by atoms with Crippen molar-refractivity contribution in [2.24, 2.45) is 0 Å². The number of aromatic hydroxyl groups is 1. The van der Waals surface area contributed by atoms with Gasteiger partial charge in [-0.2, -0.15) is 0 Å². The van der Waals surface area contributed by atoms with Crippen molar-refractivity contribution in [1.29, 1.82) is 0 Å². The summed E-state index contributed by atoms with van der Waals surface area (Å²) < 4.78 is 0.724. The van der Waals surface area contributed by atoms with E-state index in [0.717, 1.165) is 14.1 Å². The molecule has 6 heteroatoms. The third kappa shape index (κ3) is 2.99. The Bertz CT molecular complexity index is 583. The number of hydrogen-bond acceptors (Lipinski definition) is 4. The van der Waals surface area contributed by atoms with Gasteiger partial charge in [-0.1, -0.05) is 0 Å². The molecule has 0 aliphatic heterocycles. The maximum Gasteiger partial charge on any atom is 0.251 e. The number of nitrogens with zero attached hydrogens (tertiary/aromatic N) is 1. The van der Waals surface area contributed by atoms with Crippen LogP contribution in [-0.2, 0) is 6.54 Å². The molecule has 2 aromatic rings. The number of thiazole rings is 1. The van der Waals surface area contributed by atoms with Crippen molar-refractivity contribution in [2.75, 3.05) is 0 Å². The summed E-state index contributed by atoms with van der Waals surface area (Å²) in [5.41, 5.74) is 3.15. The number of phenolic OH excluding ortho intramolecular Hbond substituents is 1. The summed E-state index contributed by atoms with van der Waals surface area (Å²) in [4.78, 5) is 17.0. The summed E-state index contributed by atoms with van der Waals surface area (Å²) in [6.45, 7) is 2.37. The van der Waals surface area contributed by atoms with E-state index in [1.165, 1.54) is 17.4 Å². The molecule has 2 rings (SSSR count). The molecule has 0 saturated carbocycles. The zero-order chi connectivity index (χ0) is 13.1. The molecular weight excluding hydrogens is 363 g/mol. The Morgan fingerprint density at radius 2 is 2.33 bits per heavy atom. The Hall–Kier alpha value is -1.15. The van der Waals surface area contributed by atoms with E-state index in [1.54, 1.807) is 17.6 Å². The first-order valence-corrected chi connectivity index (χ1v) is 7.19. The Labute approximate surface area is 122 Å². The second kappa shape index (κ2) is 5.66. The van der Waals surface area contributed by atoms with Crippen molar-refractivity contribution in [1.82, 2.24) is 10.3 Å². The van der Waals surface area contributed by atoms with E-state index in [-0.39, 0.29) is 11.7 Å². The van der Waals surface area contributed by atoms with Crippen LogP contribution >= 0.6 is 33.9 Å². The summed E-state index contributed by atoms with van der Waals surface area (Å²) in [6, 6.07) is 4.87. The minimum absolute atomic E-state index is 0.122. The number of rotatable bonds is 3. The Kier molecular flexibility index (Phi) is 4.18. The number of halogens is 1. The van der Waals surface area contributed by atoms with Crippen LogP contribution in [0.15, 0.2) is 23.7 Å². The first kappa shape index (κ1) is 13.3. The number of carbonyl (C=O) groups is 1. The van der Waals surface area contributed by atoms with E-state index >= 15 is 0 Å². The standard InChI is InChI=1S/C12H11IN2O2S/c1-7-11(18-6-15-7)5-14-12(17)8-2-3-9(13)10(16)4-8/h2-4,6,16H,5H2,1H3,(H,14,17). The fourth-order valence-corrected chi connectivity index (χ4v) is 2.46. The molecule has 0 saturated heterocycles. The lowest BCUT2D eigenvalue weighted by atomic mass is 10.2. The van der Waals surface area contributed by atoms with E-state index < -0.39 is 0 Å². The lowest BCUT2D eigenvalue weighted by Crippen LogP contribution is -2.22. The summed E-state index contributed by atoms with van der Waals surface area (Å²) >= 11 is 3.53. The second-order valence-corrected chi connectivity index (χ2v) is 5.81. The molecule has 0 fully saturated rings. The molecule has 0 bridgehead atoms. The van der Waals surface area contributed by atoms with E-state index in [9.17, 15) is 9.90 Å².